The van der Waals surface area contributed by atoms with E-state index in [4.69, 9.17) is 9.47 Å². The van der Waals surface area contributed by atoms with Gasteiger partial charge in [0, 0.05) is 0 Å². The summed E-state index contributed by atoms with van der Waals surface area (Å²) in [6.07, 6.45) is 16.5. The number of esters is 2. The highest BCUT2D eigenvalue weighted by molar-refractivity contribution is 5.82. The lowest BCUT2D eigenvalue weighted by Gasteiger charge is -2.17. The summed E-state index contributed by atoms with van der Waals surface area (Å²) in [6.45, 7) is 5.39. The van der Waals surface area contributed by atoms with E-state index in [1.54, 1.807) is 0 Å². The molecule has 1 aliphatic rings. The zero-order chi connectivity index (χ0) is 19.7. The number of rotatable bonds is 16. The molecule has 0 heterocycles. The first-order valence-corrected chi connectivity index (χ1v) is 11.5. The van der Waals surface area contributed by atoms with Gasteiger partial charge in [-0.3, -0.25) is 9.59 Å². The topological polar surface area (TPSA) is 52.6 Å². The number of carbonyl (C=O) groups excluding carboxylic acids is 2. The Bertz CT molecular complexity index is 358. The second kappa shape index (κ2) is 15.9. The SMILES string of the molecule is CCCCCCCCOC(=O)C1CCCC1C(=O)OCCCCCCCC. The molecule has 1 rings (SSSR count). The normalized spacial score (nSPS) is 19.2. The van der Waals surface area contributed by atoms with E-state index >= 15 is 0 Å². The molecule has 0 N–H and O–H groups in total. The fourth-order valence-electron chi connectivity index (χ4n) is 3.85. The Labute approximate surface area is 166 Å². The number of hydrogen-bond donors (Lipinski definition) is 0. The number of carbonyl (C=O) groups is 2. The van der Waals surface area contributed by atoms with Crippen molar-refractivity contribution in [1.29, 1.82) is 0 Å². The highest BCUT2D eigenvalue weighted by Gasteiger charge is 2.39. The van der Waals surface area contributed by atoms with Gasteiger partial charge in [0.1, 0.15) is 0 Å². The molecule has 2 unspecified atom stereocenters. The lowest BCUT2D eigenvalue weighted by atomic mass is 9.96. The summed E-state index contributed by atoms with van der Waals surface area (Å²) >= 11 is 0. The summed E-state index contributed by atoms with van der Waals surface area (Å²) < 4.78 is 10.9. The molecular formula is C23H42O4. The molecular weight excluding hydrogens is 340 g/mol. The van der Waals surface area contributed by atoms with Gasteiger partial charge in [-0.25, -0.2) is 0 Å². The zero-order valence-corrected chi connectivity index (χ0v) is 17.8. The second-order valence-corrected chi connectivity index (χ2v) is 8.01. The smallest absolute Gasteiger partial charge is 0.309 e. The molecule has 1 saturated carbocycles. The molecule has 0 saturated heterocycles. The van der Waals surface area contributed by atoms with Crippen molar-refractivity contribution in [3.63, 3.8) is 0 Å². The van der Waals surface area contributed by atoms with E-state index in [0.717, 1.165) is 44.9 Å². The summed E-state index contributed by atoms with van der Waals surface area (Å²) in [5.41, 5.74) is 0. The van der Waals surface area contributed by atoms with Gasteiger partial charge in [-0.2, -0.15) is 0 Å². The molecule has 0 aromatic rings. The Kier molecular flexibility index (Phi) is 14.2. The van der Waals surface area contributed by atoms with Gasteiger partial charge < -0.3 is 9.47 Å². The van der Waals surface area contributed by atoms with Crippen molar-refractivity contribution in [2.75, 3.05) is 13.2 Å². The van der Waals surface area contributed by atoms with Crippen molar-refractivity contribution in [2.24, 2.45) is 11.8 Å². The van der Waals surface area contributed by atoms with E-state index in [0.29, 0.717) is 13.2 Å². The van der Waals surface area contributed by atoms with Gasteiger partial charge in [0.15, 0.2) is 0 Å². The summed E-state index contributed by atoms with van der Waals surface area (Å²) in [7, 11) is 0. The van der Waals surface area contributed by atoms with Crippen molar-refractivity contribution in [2.45, 2.75) is 110 Å². The number of ether oxygens (including phenoxy) is 2. The number of unbranched alkanes of at least 4 members (excludes halogenated alkanes) is 10. The molecule has 1 aliphatic carbocycles. The molecule has 4 heteroatoms. The van der Waals surface area contributed by atoms with Gasteiger partial charge in [-0.1, -0.05) is 84.5 Å². The third kappa shape index (κ3) is 10.8. The van der Waals surface area contributed by atoms with Crippen LogP contribution in [0.15, 0.2) is 0 Å². The molecule has 0 bridgehead atoms. The highest BCUT2D eigenvalue weighted by atomic mass is 16.5. The lowest BCUT2D eigenvalue weighted by Crippen LogP contribution is -2.29. The minimum Gasteiger partial charge on any atom is -0.465 e. The molecule has 158 valence electrons. The molecule has 27 heavy (non-hydrogen) atoms. The van der Waals surface area contributed by atoms with E-state index in [1.807, 2.05) is 0 Å². The van der Waals surface area contributed by atoms with Crippen LogP contribution >= 0.6 is 0 Å². The lowest BCUT2D eigenvalue weighted by molar-refractivity contribution is -0.159. The largest absolute Gasteiger partial charge is 0.465 e. The minimum absolute atomic E-state index is 0.192. The second-order valence-electron chi connectivity index (χ2n) is 8.01. The van der Waals surface area contributed by atoms with Gasteiger partial charge in [0.25, 0.3) is 0 Å². The quantitative estimate of drug-likeness (QED) is 0.235. The predicted octanol–water partition coefficient (Wildman–Crippen LogP) is 6.21. The van der Waals surface area contributed by atoms with Crippen molar-refractivity contribution < 1.29 is 19.1 Å². The molecule has 0 amide bonds. The fraction of sp³-hybridized carbons (Fsp3) is 0.913. The minimum atomic E-state index is -0.290. The van der Waals surface area contributed by atoms with E-state index in [9.17, 15) is 9.59 Å². The van der Waals surface area contributed by atoms with E-state index in [-0.39, 0.29) is 23.8 Å². The van der Waals surface area contributed by atoms with Crippen molar-refractivity contribution >= 4 is 11.9 Å². The predicted molar refractivity (Wildman–Crippen MR) is 110 cm³/mol. The third-order valence-electron chi connectivity index (χ3n) is 5.61. The van der Waals surface area contributed by atoms with Crippen LogP contribution in [0.25, 0.3) is 0 Å². The molecule has 0 aliphatic heterocycles. The zero-order valence-electron chi connectivity index (χ0n) is 17.8. The van der Waals surface area contributed by atoms with Crippen molar-refractivity contribution in [3.05, 3.63) is 0 Å². The Morgan fingerprint density at radius 2 is 1.00 bits per heavy atom. The van der Waals surface area contributed by atoms with Crippen LogP contribution in [0.3, 0.4) is 0 Å². The summed E-state index contributed by atoms with van der Waals surface area (Å²) in [6, 6.07) is 0. The van der Waals surface area contributed by atoms with E-state index in [2.05, 4.69) is 13.8 Å². The van der Waals surface area contributed by atoms with Crippen LogP contribution in [0.4, 0.5) is 0 Å². The molecule has 1 fully saturated rings. The molecule has 0 aromatic heterocycles. The maximum Gasteiger partial charge on any atom is 0.309 e. The van der Waals surface area contributed by atoms with Gasteiger partial charge in [-0.15, -0.1) is 0 Å². The van der Waals surface area contributed by atoms with Gasteiger partial charge in [0.05, 0.1) is 25.0 Å². The van der Waals surface area contributed by atoms with Gasteiger partial charge in [-0.05, 0) is 25.7 Å². The Hall–Kier alpha value is -1.06. The van der Waals surface area contributed by atoms with Gasteiger partial charge in [0.2, 0.25) is 0 Å². The maximum atomic E-state index is 12.3. The molecule has 0 aromatic carbocycles. The monoisotopic (exact) mass is 382 g/mol. The van der Waals surface area contributed by atoms with Crippen molar-refractivity contribution in [3.8, 4) is 0 Å². The first kappa shape index (κ1) is 24.0. The van der Waals surface area contributed by atoms with Crippen LogP contribution in [-0.4, -0.2) is 25.2 Å². The van der Waals surface area contributed by atoms with Crippen LogP contribution in [0.2, 0.25) is 0 Å². The van der Waals surface area contributed by atoms with E-state index in [1.165, 1.54) is 51.4 Å². The number of hydrogen-bond acceptors (Lipinski definition) is 4. The fourth-order valence-corrected chi connectivity index (χ4v) is 3.85. The summed E-state index contributed by atoms with van der Waals surface area (Å²) in [5, 5.41) is 0. The van der Waals surface area contributed by atoms with Crippen LogP contribution < -0.4 is 0 Å². The standard InChI is InChI=1S/C23H42O4/c1-3-5-7-9-11-13-18-26-22(24)20-16-15-17-21(20)23(25)27-19-14-12-10-8-6-4-2/h20-21H,3-19H2,1-2H3. The van der Waals surface area contributed by atoms with E-state index < -0.39 is 0 Å². The Morgan fingerprint density at radius 1 is 0.630 bits per heavy atom. The molecule has 2 atom stereocenters. The maximum absolute atomic E-state index is 12.3. The van der Waals surface area contributed by atoms with Crippen LogP contribution in [0.1, 0.15) is 110 Å². The summed E-state index contributed by atoms with van der Waals surface area (Å²) in [5.74, 6) is -0.963. The molecule has 0 spiro atoms. The third-order valence-corrected chi connectivity index (χ3v) is 5.61. The van der Waals surface area contributed by atoms with Gasteiger partial charge >= 0.3 is 11.9 Å². The molecule has 4 nitrogen and oxygen atoms in total. The average molecular weight is 383 g/mol. The molecule has 0 radical (unpaired) electrons. The Morgan fingerprint density at radius 3 is 1.41 bits per heavy atom. The highest BCUT2D eigenvalue weighted by Crippen LogP contribution is 2.33. The Balaban J connectivity index is 2.15. The van der Waals surface area contributed by atoms with Crippen LogP contribution in [0.5, 0.6) is 0 Å². The average Bonchev–Trinajstić information content (AvgIpc) is 3.16. The van der Waals surface area contributed by atoms with Crippen LogP contribution in [0, 0.1) is 11.8 Å². The first-order valence-electron chi connectivity index (χ1n) is 11.5. The summed E-state index contributed by atoms with van der Waals surface area (Å²) in [4.78, 5) is 24.7. The van der Waals surface area contributed by atoms with Crippen LogP contribution in [-0.2, 0) is 19.1 Å². The first-order chi connectivity index (χ1) is 13.2. The van der Waals surface area contributed by atoms with Crippen molar-refractivity contribution in [1.82, 2.24) is 0 Å².